The zero-order valence-corrected chi connectivity index (χ0v) is 21.0. The van der Waals surface area contributed by atoms with E-state index in [0.29, 0.717) is 0 Å². The zero-order chi connectivity index (χ0) is 26.5. The standard InChI is InChI=1S/C12H12N2.2C8H6O3.Fe/c1-9-5-3-7-11(13-9)12-8-4-6-10(2)14-12;2*9-7(8(10)11)6-4-2-1-3-5-6;/h3-8H,1-2H3;2*1-5H,(H,10,11);/q;;;+2/p-2. The molecule has 0 aliphatic carbocycles. The molecule has 0 saturated carbocycles. The number of Topliss-reactive ketones (excluding diaryl/α,β-unsaturated/α-hetero) is 2. The molecule has 2 aromatic heterocycles. The fraction of sp³-hybridized carbons (Fsp3) is 0.0714. The third-order valence-corrected chi connectivity index (χ3v) is 4.48. The van der Waals surface area contributed by atoms with Gasteiger partial charge in [0.1, 0.15) is 11.9 Å². The molecule has 37 heavy (non-hydrogen) atoms. The Bertz CT molecular complexity index is 1240. The van der Waals surface area contributed by atoms with E-state index in [1.807, 2.05) is 50.2 Å². The molecule has 188 valence electrons. The molecule has 0 aliphatic rings. The van der Waals surface area contributed by atoms with Crippen LogP contribution in [-0.2, 0) is 26.7 Å². The summed E-state index contributed by atoms with van der Waals surface area (Å²) in [6, 6.07) is 27.4. The number of ketones is 2. The van der Waals surface area contributed by atoms with E-state index in [-0.39, 0.29) is 28.2 Å². The second-order valence-corrected chi connectivity index (χ2v) is 7.29. The number of aromatic nitrogens is 2. The quantitative estimate of drug-likeness (QED) is 0.214. The second kappa shape index (κ2) is 15.5. The SMILES string of the molecule is Cc1cccc(-c2cccc(C)n2)n1.O=C([O-])C(=O)c1ccccc1.O=C([O-])C(=O)c1ccccc1.[Fe+2]. The number of nitrogens with zero attached hydrogens (tertiary/aromatic N) is 2. The van der Waals surface area contributed by atoms with Gasteiger partial charge in [-0.2, -0.15) is 0 Å². The number of benzene rings is 2. The van der Waals surface area contributed by atoms with Gasteiger partial charge in [0.25, 0.3) is 0 Å². The predicted molar refractivity (Wildman–Crippen MR) is 129 cm³/mol. The summed E-state index contributed by atoms with van der Waals surface area (Å²) in [5.74, 6) is -5.30. The third-order valence-electron chi connectivity index (χ3n) is 4.48. The maximum atomic E-state index is 10.7. The van der Waals surface area contributed by atoms with Crippen LogP contribution < -0.4 is 10.2 Å². The van der Waals surface area contributed by atoms with Gasteiger partial charge in [-0.15, -0.1) is 0 Å². The Labute approximate surface area is 224 Å². The van der Waals surface area contributed by atoms with Gasteiger partial charge < -0.3 is 19.8 Å². The molecule has 2 aromatic carbocycles. The summed E-state index contributed by atoms with van der Waals surface area (Å²) in [5.41, 5.74) is 4.21. The van der Waals surface area contributed by atoms with Gasteiger partial charge >= 0.3 is 17.1 Å². The maximum Gasteiger partial charge on any atom is 2.00 e. The first kappa shape index (κ1) is 30.6. The van der Waals surface area contributed by atoms with Crippen molar-refractivity contribution in [1.82, 2.24) is 9.97 Å². The Kier molecular flexibility index (Phi) is 12.8. The Hall–Kier alpha value is -4.46. The molecule has 0 fully saturated rings. The normalized spacial score (nSPS) is 9.24. The van der Waals surface area contributed by atoms with Gasteiger partial charge in [-0.3, -0.25) is 19.6 Å². The number of carbonyl (C=O) groups excluding carboxylic acids is 4. The number of rotatable bonds is 5. The van der Waals surface area contributed by atoms with Crippen LogP contribution in [0.25, 0.3) is 11.4 Å². The average Bonchev–Trinajstić information content (AvgIpc) is 2.89. The number of hydrogen-bond donors (Lipinski definition) is 0. The summed E-state index contributed by atoms with van der Waals surface area (Å²) in [7, 11) is 0. The first-order valence-corrected chi connectivity index (χ1v) is 10.7. The van der Waals surface area contributed by atoms with E-state index < -0.39 is 23.5 Å². The van der Waals surface area contributed by atoms with Crippen molar-refractivity contribution in [3.8, 4) is 11.4 Å². The third kappa shape index (κ3) is 10.4. The van der Waals surface area contributed by atoms with E-state index in [9.17, 15) is 29.4 Å². The van der Waals surface area contributed by atoms with Crippen molar-refractivity contribution in [3.63, 3.8) is 0 Å². The Balaban J connectivity index is 0.000000277. The monoisotopic (exact) mass is 538 g/mol. The van der Waals surface area contributed by atoms with Crippen LogP contribution in [0.15, 0.2) is 97.1 Å². The van der Waals surface area contributed by atoms with Crippen molar-refractivity contribution in [2.24, 2.45) is 0 Å². The van der Waals surface area contributed by atoms with Gasteiger partial charge in [-0.25, -0.2) is 0 Å². The molecular formula is C28H22FeN2O6. The van der Waals surface area contributed by atoms with Crippen molar-refractivity contribution in [1.29, 1.82) is 0 Å². The molecule has 0 spiro atoms. The Morgan fingerprint density at radius 1 is 0.514 bits per heavy atom. The van der Waals surface area contributed by atoms with Crippen LogP contribution in [-0.4, -0.2) is 33.5 Å². The fourth-order valence-corrected chi connectivity index (χ4v) is 2.79. The minimum absolute atomic E-state index is 0. The fourth-order valence-electron chi connectivity index (χ4n) is 2.79. The molecule has 0 bridgehead atoms. The molecule has 9 heteroatoms. The number of carbonyl (C=O) groups is 4. The smallest absolute Gasteiger partial charge is 0.541 e. The molecule has 0 radical (unpaired) electrons. The summed E-state index contributed by atoms with van der Waals surface area (Å²) >= 11 is 0. The average molecular weight is 538 g/mol. The molecule has 0 aliphatic heterocycles. The van der Waals surface area contributed by atoms with Crippen LogP contribution in [0, 0.1) is 13.8 Å². The Morgan fingerprint density at radius 2 is 0.838 bits per heavy atom. The summed E-state index contributed by atoms with van der Waals surface area (Å²) in [5, 5.41) is 20.1. The maximum absolute atomic E-state index is 10.7. The molecule has 4 aromatic rings. The van der Waals surface area contributed by atoms with E-state index in [0.717, 1.165) is 22.8 Å². The second-order valence-electron chi connectivity index (χ2n) is 7.29. The number of carboxylic acid groups (broad SMARTS) is 2. The molecule has 0 saturated heterocycles. The van der Waals surface area contributed by atoms with Crippen LogP contribution in [0.5, 0.6) is 0 Å². The van der Waals surface area contributed by atoms with Crippen molar-refractivity contribution in [3.05, 3.63) is 120 Å². The van der Waals surface area contributed by atoms with Gasteiger partial charge in [-0.05, 0) is 38.1 Å². The van der Waals surface area contributed by atoms with Crippen molar-refractivity contribution in [2.45, 2.75) is 13.8 Å². The number of carboxylic acids is 2. The van der Waals surface area contributed by atoms with E-state index in [1.54, 1.807) is 36.4 Å². The van der Waals surface area contributed by atoms with E-state index in [1.165, 1.54) is 24.3 Å². The van der Waals surface area contributed by atoms with Crippen LogP contribution in [0.1, 0.15) is 32.1 Å². The minimum atomic E-state index is -1.67. The molecule has 0 amide bonds. The largest absolute Gasteiger partial charge is 2.00 e. The number of pyridine rings is 2. The molecule has 0 atom stereocenters. The van der Waals surface area contributed by atoms with Crippen molar-refractivity contribution < 1.29 is 46.5 Å². The first-order valence-electron chi connectivity index (χ1n) is 10.7. The summed E-state index contributed by atoms with van der Waals surface area (Å²) < 4.78 is 0. The van der Waals surface area contributed by atoms with Crippen LogP contribution in [0.3, 0.4) is 0 Å². The summed E-state index contributed by atoms with van der Waals surface area (Å²) in [6.45, 7) is 3.97. The molecule has 0 N–H and O–H groups in total. The molecule has 4 rings (SSSR count). The zero-order valence-electron chi connectivity index (χ0n) is 19.9. The van der Waals surface area contributed by atoms with E-state index >= 15 is 0 Å². The molecule has 0 unspecified atom stereocenters. The first-order chi connectivity index (χ1) is 17.2. The summed E-state index contributed by atoms with van der Waals surface area (Å²) in [6.07, 6.45) is 0. The number of aliphatic carboxylic acids is 2. The van der Waals surface area contributed by atoms with Crippen LogP contribution >= 0.6 is 0 Å². The summed E-state index contributed by atoms with van der Waals surface area (Å²) in [4.78, 5) is 50.3. The van der Waals surface area contributed by atoms with Gasteiger partial charge in [0, 0.05) is 22.5 Å². The van der Waals surface area contributed by atoms with Crippen LogP contribution in [0.4, 0.5) is 0 Å². The Morgan fingerprint density at radius 3 is 1.11 bits per heavy atom. The predicted octanol–water partition coefficient (Wildman–Crippen LogP) is 2.00. The topological polar surface area (TPSA) is 140 Å². The molecular weight excluding hydrogens is 516 g/mol. The molecule has 8 nitrogen and oxygen atoms in total. The van der Waals surface area contributed by atoms with Gasteiger partial charge in [0.05, 0.1) is 11.4 Å². The van der Waals surface area contributed by atoms with Crippen LogP contribution in [0.2, 0.25) is 0 Å². The molecule has 2 heterocycles. The van der Waals surface area contributed by atoms with E-state index in [4.69, 9.17) is 0 Å². The van der Waals surface area contributed by atoms with Crippen molar-refractivity contribution in [2.75, 3.05) is 0 Å². The van der Waals surface area contributed by atoms with Gasteiger partial charge in [0.15, 0.2) is 0 Å². The number of hydrogen-bond acceptors (Lipinski definition) is 8. The van der Waals surface area contributed by atoms with Gasteiger partial charge in [0.2, 0.25) is 11.6 Å². The van der Waals surface area contributed by atoms with E-state index in [2.05, 4.69) is 9.97 Å². The minimum Gasteiger partial charge on any atom is -0.541 e. The number of aryl methyl sites for hydroxylation is 2. The van der Waals surface area contributed by atoms with Crippen molar-refractivity contribution >= 4 is 23.5 Å². The van der Waals surface area contributed by atoms with Gasteiger partial charge in [-0.1, -0.05) is 72.8 Å².